The van der Waals surface area contributed by atoms with Crippen LogP contribution in [0.1, 0.15) is 37.4 Å². The lowest BCUT2D eigenvalue weighted by atomic mass is 9.93. The molecule has 0 aliphatic carbocycles. The molecule has 92 valence electrons. The fraction of sp³-hybridized carbons (Fsp3) is 0.538. The van der Waals surface area contributed by atoms with Crippen LogP contribution in [0.4, 0.5) is 0 Å². The maximum Gasteiger partial charge on any atom is 0.0735 e. The van der Waals surface area contributed by atoms with Gasteiger partial charge in [-0.05, 0) is 30.4 Å². The van der Waals surface area contributed by atoms with Crippen LogP contribution in [-0.2, 0) is 0 Å². The lowest BCUT2D eigenvalue weighted by molar-refractivity contribution is 0.121. The molecule has 0 spiro atoms. The van der Waals surface area contributed by atoms with E-state index in [9.17, 15) is 5.11 Å². The minimum atomic E-state index is -0.453. The zero-order chi connectivity index (χ0) is 11.4. The van der Waals surface area contributed by atoms with Crippen LogP contribution in [0.3, 0.4) is 0 Å². The van der Waals surface area contributed by atoms with Crippen molar-refractivity contribution in [2.75, 3.05) is 0 Å². The van der Waals surface area contributed by atoms with E-state index in [0.29, 0.717) is 5.92 Å². The summed E-state index contributed by atoms with van der Waals surface area (Å²) in [6.45, 7) is 6.21. The molecule has 3 heteroatoms. The van der Waals surface area contributed by atoms with Gasteiger partial charge in [0, 0.05) is 0 Å². The Morgan fingerprint density at radius 2 is 1.81 bits per heavy atom. The molecule has 0 unspecified atom stereocenters. The first kappa shape index (κ1) is 15.4. The number of nitrogens with two attached hydrogens (primary N) is 1. The summed E-state index contributed by atoms with van der Waals surface area (Å²) in [5.74, 6) is 0.468. The SMILES string of the molecule is Cc1ccccc1[C@@H](N)[C@@H](O)CC(C)C.Cl. The van der Waals surface area contributed by atoms with E-state index in [1.54, 1.807) is 0 Å². The number of rotatable bonds is 4. The van der Waals surface area contributed by atoms with Crippen molar-refractivity contribution in [1.82, 2.24) is 0 Å². The molecule has 3 N–H and O–H groups in total. The molecule has 0 aromatic heterocycles. The summed E-state index contributed by atoms with van der Waals surface area (Å²) in [6, 6.07) is 7.69. The van der Waals surface area contributed by atoms with E-state index in [1.807, 2.05) is 31.2 Å². The molecule has 0 heterocycles. The number of hydrogen-bond donors (Lipinski definition) is 2. The molecule has 0 aliphatic heterocycles. The quantitative estimate of drug-likeness (QED) is 0.854. The molecule has 16 heavy (non-hydrogen) atoms. The molecule has 0 fully saturated rings. The average Bonchev–Trinajstić information content (AvgIpc) is 2.16. The molecule has 0 radical (unpaired) electrons. The van der Waals surface area contributed by atoms with Crippen LogP contribution in [0.15, 0.2) is 24.3 Å². The van der Waals surface area contributed by atoms with Gasteiger partial charge in [-0.3, -0.25) is 0 Å². The summed E-state index contributed by atoms with van der Waals surface area (Å²) in [5.41, 5.74) is 8.23. The first-order chi connectivity index (χ1) is 7.02. The van der Waals surface area contributed by atoms with Crippen LogP contribution in [0, 0.1) is 12.8 Å². The smallest absolute Gasteiger partial charge is 0.0735 e. The number of benzene rings is 1. The average molecular weight is 244 g/mol. The van der Waals surface area contributed by atoms with Gasteiger partial charge >= 0.3 is 0 Å². The second-order valence-corrected chi connectivity index (χ2v) is 4.58. The third-order valence-electron chi connectivity index (χ3n) is 2.68. The van der Waals surface area contributed by atoms with Crippen molar-refractivity contribution >= 4 is 12.4 Å². The maximum atomic E-state index is 9.94. The number of aliphatic hydroxyl groups is 1. The summed E-state index contributed by atoms with van der Waals surface area (Å²) >= 11 is 0. The van der Waals surface area contributed by atoms with Gasteiger partial charge in [0.15, 0.2) is 0 Å². The maximum absolute atomic E-state index is 9.94. The standard InChI is InChI=1S/C13H21NO.ClH/c1-9(2)8-12(15)13(14)11-7-5-4-6-10(11)3;/h4-7,9,12-13,15H,8,14H2,1-3H3;1H/t12-,13+;/m0./s1. The Kier molecular flexibility index (Phi) is 6.65. The van der Waals surface area contributed by atoms with Gasteiger partial charge in [-0.25, -0.2) is 0 Å². The highest BCUT2D eigenvalue weighted by Crippen LogP contribution is 2.21. The van der Waals surface area contributed by atoms with Crippen molar-refractivity contribution < 1.29 is 5.11 Å². The van der Waals surface area contributed by atoms with Gasteiger partial charge in [0.25, 0.3) is 0 Å². The molecular formula is C13H22ClNO. The van der Waals surface area contributed by atoms with E-state index in [-0.39, 0.29) is 18.4 Å². The third-order valence-corrected chi connectivity index (χ3v) is 2.68. The second-order valence-electron chi connectivity index (χ2n) is 4.58. The van der Waals surface area contributed by atoms with Gasteiger partial charge in [-0.15, -0.1) is 12.4 Å². The van der Waals surface area contributed by atoms with Crippen molar-refractivity contribution in [1.29, 1.82) is 0 Å². The van der Waals surface area contributed by atoms with Gasteiger partial charge in [0.1, 0.15) is 0 Å². The molecule has 0 amide bonds. The largest absolute Gasteiger partial charge is 0.391 e. The first-order valence-corrected chi connectivity index (χ1v) is 5.51. The van der Waals surface area contributed by atoms with Gasteiger partial charge in [0.05, 0.1) is 12.1 Å². The van der Waals surface area contributed by atoms with Crippen LogP contribution in [-0.4, -0.2) is 11.2 Å². The van der Waals surface area contributed by atoms with Gasteiger partial charge in [-0.1, -0.05) is 38.1 Å². The molecule has 0 saturated carbocycles. The van der Waals surface area contributed by atoms with Crippen molar-refractivity contribution in [3.8, 4) is 0 Å². The Labute approximate surface area is 104 Å². The molecule has 0 saturated heterocycles. The predicted octanol–water partition coefficient (Wildman–Crippen LogP) is 2.82. The fourth-order valence-corrected chi connectivity index (χ4v) is 1.80. The van der Waals surface area contributed by atoms with Crippen LogP contribution in [0.2, 0.25) is 0 Å². The van der Waals surface area contributed by atoms with E-state index >= 15 is 0 Å². The summed E-state index contributed by atoms with van der Waals surface area (Å²) in [6.07, 6.45) is 0.293. The van der Waals surface area contributed by atoms with Gasteiger partial charge < -0.3 is 10.8 Å². The number of halogens is 1. The minimum Gasteiger partial charge on any atom is -0.391 e. The lowest BCUT2D eigenvalue weighted by Crippen LogP contribution is -2.28. The topological polar surface area (TPSA) is 46.2 Å². The minimum absolute atomic E-state index is 0. The summed E-state index contributed by atoms with van der Waals surface area (Å²) in [4.78, 5) is 0. The molecule has 1 aromatic rings. The predicted molar refractivity (Wildman–Crippen MR) is 70.8 cm³/mol. The summed E-state index contributed by atoms with van der Waals surface area (Å²) in [7, 11) is 0. The highest BCUT2D eigenvalue weighted by atomic mass is 35.5. The van der Waals surface area contributed by atoms with E-state index < -0.39 is 6.10 Å². The Morgan fingerprint density at radius 3 is 2.31 bits per heavy atom. The molecule has 1 rings (SSSR count). The normalized spacial score (nSPS) is 14.4. The van der Waals surface area contributed by atoms with Crippen LogP contribution >= 0.6 is 12.4 Å². The summed E-state index contributed by atoms with van der Waals surface area (Å²) in [5, 5.41) is 9.94. The number of hydrogen-bond acceptors (Lipinski definition) is 2. The fourth-order valence-electron chi connectivity index (χ4n) is 1.80. The highest BCUT2D eigenvalue weighted by Gasteiger charge is 2.18. The van der Waals surface area contributed by atoms with Gasteiger partial charge in [-0.2, -0.15) is 0 Å². The third kappa shape index (κ3) is 4.12. The van der Waals surface area contributed by atoms with E-state index in [4.69, 9.17) is 5.73 Å². The second kappa shape index (κ2) is 6.89. The van der Waals surface area contributed by atoms with E-state index in [0.717, 1.165) is 17.5 Å². The van der Waals surface area contributed by atoms with Crippen LogP contribution in [0.25, 0.3) is 0 Å². The van der Waals surface area contributed by atoms with Crippen molar-refractivity contribution in [2.45, 2.75) is 39.3 Å². The summed E-state index contributed by atoms with van der Waals surface area (Å²) < 4.78 is 0. The highest BCUT2D eigenvalue weighted by molar-refractivity contribution is 5.85. The number of aryl methyl sites for hydroxylation is 1. The van der Waals surface area contributed by atoms with Crippen molar-refractivity contribution in [3.63, 3.8) is 0 Å². The van der Waals surface area contributed by atoms with Gasteiger partial charge in [0.2, 0.25) is 0 Å². The van der Waals surface area contributed by atoms with Crippen molar-refractivity contribution in [2.24, 2.45) is 11.7 Å². The Bertz CT molecular complexity index is 315. The van der Waals surface area contributed by atoms with Crippen molar-refractivity contribution in [3.05, 3.63) is 35.4 Å². The molecule has 2 nitrogen and oxygen atoms in total. The zero-order valence-corrected chi connectivity index (χ0v) is 11.0. The monoisotopic (exact) mass is 243 g/mol. The Balaban J connectivity index is 0.00000225. The van der Waals surface area contributed by atoms with E-state index in [2.05, 4.69) is 13.8 Å². The number of aliphatic hydroxyl groups excluding tert-OH is 1. The van der Waals surface area contributed by atoms with E-state index in [1.165, 1.54) is 0 Å². The molecule has 0 aliphatic rings. The molecular weight excluding hydrogens is 222 g/mol. The van der Waals surface area contributed by atoms with Crippen LogP contribution < -0.4 is 5.73 Å². The molecule has 0 bridgehead atoms. The Morgan fingerprint density at radius 1 is 1.25 bits per heavy atom. The van der Waals surface area contributed by atoms with Crippen LogP contribution in [0.5, 0.6) is 0 Å². The zero-order valence-electron chi connectivity index (χ0n) is 10.2. The lowest BCUT2D eigenvalue weighted by Gasteiger charge is -2.22. The molecule has 1 aromatic carbocycles. The Hall–Kier alpha value is -0.570. The first-order valence-electron chi connectivity index (χ1n) is 5.51. The molecule has 2 atom stereocenters.